The minimum atomic E-state index is -0.239. The number of halogens is 1. The molecule has 0 spiro atoms. The lowest BCUT2D eigenvalue weighted by molar-refractivity contribution is 0.102. The first-order valence-electron chi connectivity index (χ1n) is 12.2. The third-order valence-corrected chi connectivity index (χ3v) is 6.03. The first-order valence-corrected chi connectivity index (χ1v) is 12.2. The lowest BCUT2D eigenvalue weighted by Crippen LogP contribution is -2.47. The van der Waals surface area contributed by atoms with Gasteiger partial charge in [-0.25, -0.2) is 9.37 Å². The van der Waals surface area contributed by atoms with E-state index in [0.717, 1.165) is 31.9 Å². The zero-order valence-corrected chi connectivity index (χ0v) is 20.4. The molecule has 1 amide bonds. The SMILES string of the molecule is CCc1nc(Nc2cc(C(=O)Nc3ccccc3)ccn2)nc(N2CCN(c3ccc(F)cc3)CC2)n1. The van der Waals surface area contributed by atoms with Gasteiger partial charge in [-0.2, -0.15) is 15.0 Å². The molecule has 1 saturated heterocycles. The average molecular weight is 499 g/mol. The zero-order valence-electron chi connectivity index (χ0n) is 20.4. The fourth-order valence-electron chi connectivity index (χ4n) is 4.06. The van der Waals surface area contributed by atoms with E-state index < -0.39 is 0 Å². The van der Waals surface area contributed by atoms with Gasteiger partial charge in [0.15, 0.2) is 0 Å². The van der Waals surface area contributed by atoms with E-state index in [0.29, 0.717) is 41.2 Å². The maximum absolute atomic E-state index is 13.3. The molecule has 2 N–H and O–H groups in total. The third-order valence-electron chi connectivity index (χ3n) is 6.03. The van der Waals surface area contributed by atoms with Gasteiger partial charge >= 0.3 is 0 Å². The van der Waals surface area contributed by atoms with Crippen molar-refractivity contribution < 1.29 is 9.18 Å². The van der Waals surface area contributed by atoms with Gasteiger partial charge in [-0.3, -0.25) is 4.79 Å². The largest absolute Gasteiger partial charge is 0.368 e. The van der Waals surface area contributed by atoms with Gasteiger partial charge in [0.1, 0.15) is 17.5 Å². The molecule has 0 aliphatic carbocycles. The molecule has 37 heavy (non-hydrogen) atoms. The molecule has 0 atom stereocenters. The smallest absolute Gasteiger partial charge is 0.255 e. The summed E-state index contributed by atoms with van der Waals surface area (Å²) in [6, 6.07) is 19.1. The standard InChI is InChI=1S/C27H27FN8O/c1-2-23-31-26(32-24-18-19(12-13-29-24)25(37)30-21-6-4-3-5-7-21)34-27(33-23)36-16-14-35(15-17-36)22-10-8-20(28)9-11-22/h3-13,18H,2,14-17H2,1H3,(H,30,37)(H,29,31,32,33,34). The lowest BCUT2D eigenvalue weighted by Gasteiger charge is -2.36. The summed E-state index contributed by atoms with van der Waals surface area (Å²) in [6.07, 6.45) is 2.21. The summed E-state index contributed by atoms with van der Waals surface area (Å²) < 4.78 is 13.3. The first-order chi connectivity index (χ1) is 18.1. The lowest BCUT2D eigenvalue weighted by atomic mass is 10.2. The van der Waals surface area contributed by atoms with E-state index in [2.05, 4.69) is 40.4 Å². The highest BCUT2D eigenvalue weighted by Crippen LogP contribution is 2.21. The molecule has 9 nitrogen and oxygen atoms in total. The molecule has 0 bridgehead atoms. The average Bonchev–Trinajstić information content (AvgIpc) is 2.94. The van der Waals surface area contributed by atoms with Crippen molar-refractivity contribution >= 4 is 35.0 Å². The number of anilines is 5. The van der Waals surface area contributed by atoms with Crippen LogP contribution in [0.1, 0.15) is 23.1 Å². The van der Waals surface area contributed by atoms with Gasteiger partial charge in [0.25, 0.3) is 5.91 Å². The Morgan fingerprint density at radius 3 is 2.38 bits per heavy atom. The Labute approximate surface area is 214 Å². The highest BCUT2D eigenvalue weighted by Gasteiger charge is 2.21. The van der Waals surface area contributed by atoms with Crippen LogP contribution in [0, 0.1) is 5.82 Å². The van der Waals surface area contributed by atoms with E-state index in [-0.39, 0.29) is 11.7 Å². The van der Waals surface area contributed by atoms with Crippen molar-refractivity contribution in [3.05, 3.63) is 90.1 Å². The molecule has 4 aromatic rings. The number of aromatic nitrogens is 4. The molecule has 1 aliphatic heterocycles. The number of aryl methyl sites for hydroxylation is 1. The zero-order chi connectivity index (χ0) is 25.6. The quantitative estimate of drug-likeness (QED) is 0.389. The van der Waals surface area contributed by atoms with Crippen molar-refractivity contribution in [2.45, 2.75) is 13.3 Å². The van der Waals surface area contributed by atoms with Gasteiger partial charge in [-0.1, -0.05) is 25.1 Å². The van der Waals surface area contributed by atoms with E-state index in [1.807, 2.05) is 37.3 Å². The summed E-state index contributed by atoms with van der Waals surface area (Å²) >= 11 is 0. The molecule has 5 rings (SSSR count). The van der Waals surface area contributed by atoms with Crippen LogP contribution in [-0.4, -0.2) is 52.0 Å². The Balaban J connectivity index is 1.28. The van der Waals surface area contributed by atoms with Crippen molar-refractivity contribution in [3.8, 4) is 0 Å². The normalized spacial score (nSPS) is 13.4. The minimum absolute atomic E-state index is 0.235. The minimum Gasteiger partial charge on any atom is -0.368 e. The molecule has 3 heterocycles. The van der Waals surface area contributed by atoms with Crippen LogP contribution >= 0.6 is 0 Å². The number of amides is 1. The highest BCUT2D eigenvalue weighted by atomic mass is 19.1. The van der Waals surface area contributed by atoms with Crippen LogP contribution in [0.2, 0.25) is 0 Å². The predicted molar refractivity (Wildman–Crippen MR) is 142 cm³/mol. The van der Waals surface area contributed by atoms with Crippen LogP contribution in [0.5, 0.6) is 0 Å². The number of nitrogens with zero attached hydrogens (tertiary/aromatic N) is 6. The molecule has 188 valence electrons. The number of hydrogen-bond acceptors (Lipinski definition) is 8. The molecular weight excluding hydrogens is 471 g/mol. The van der Waals surface area contributed by atoms with Gasteiger partial charge in [0, 0.05) is 55.7 Å². The van der Waals surface area contributed by atoms with Crippen LogP contribution in [0.3, 0.4) is 0 Å². The molecule has 0 radical (unpaired) electrons. The topological polar surface area (TPSA) is 99.2 Å². The van der Waals surface area contributed by atoms with Gasteiger partial charge in [0.2, 0.25) is 11.9 Å². The summed E-state index contributed by atoms with van der Waals surface area (Å²) in [4.78, 5) is 35.1. The van der Waals surface area contributed by atoms with Crippen LogP contribution in [0.25, 0.3) is 0 Å². The van der Waals surface area contributed by atoms with Crippen LogP contribution in [-0.2, 0) is 6.42 Å². The molecule has 10 heteroatoms. The van der Waals surface area contributed by atoms with E-state index in [4.69, 9.17) is 0 Å². The molecule has 0 saturated carbocycles. The Bertz CT molecular complexity index is 1360. The molecule has 1 aliphatic rings. The predicted octanol–water partition coefficient (Wildman–Crippen LogP) is 4.29. The van der Waals surface area contributed by atoms with Gasteiger partial charge in [-0.05, 0) is 48.5 Å². The Hall–Kier alpha value is -4.60. The molecule has 2 aromatic carbocycles. The van der Waals surface area contributed by atoms with Crippen molar-refractivity contribution in [3.63, 3.8) is 0 Å². The number of pyridine rings is 1. The summed E-state index contributed by atoms with van der Waals surface area (Å²) in [7, 11) is 0. The van der Waals surface area contributed by atoms with E-state index in [1.54, 1.807) is 30.5 Å². The fourth-order valence-corrected chi connectivity index (χ4v) is 4.06. The summed E-state index contributed by atoms with van der Waals surface area (Å²) in [5.41, 5.74) is 2.17. The number of nitrogens with one attached hydrogen (secondary N) is 2. The second-order valence-corrected chi connectivity index (χ2v) is 8.55. The maximum atomic E-state index is 13.3. The fraction of sp³-hybridized carbons (Fsp3) is 0.222. The number of carbonyl (C=O) groups is 1. The Kier molecular flexibility index (Phi) is 7.16. The van der Waals surface area contributed by atoms with Crippen molar-refractivity contribution in [1.29, 1.82) is 0 Å². The molecule has 2 aromatic heterocycles. The van der Waals surface area contributed by atoms with Gasteiger partial charge in [0.05, 0.1) is 0 Å². The van der Waals surface area contributed by atoms with Gasteiger partial charge in [-0.15, -0.1) is 0 Å². The van der Waals surface area contributed by atoms with E-state index >= 15 is 0 Å². The number of rotatable bonds is 7. The van der Waals surface area contributed by atoms with Crippen molar-refractivity contribution in [2.24, 2.45) is 0 Å². The van der Waals surface area contributed by atoms with Crippen molar-refractivity contribution in [1.82, 2.24) is 19.9 Å². The molecule has 0 unspecified atom stereocenters. The van der Waals surface area contributed by atoms with Gasteiger partial charge < -0.3 is 20.4 Å². The maximum Gasteiger partial charge on any atom is 0.255 e. The number of hydrogen-bond donors (Lipinski definition) is 2. The van der Waals surface area contributed by atoms with Crippen molar-refractivity contribution in [2.75, 3.05) is 46.6 Å². The summed E-state index contributed by atoms with van der Waals surface area (Å²) in [5, 5.41) is 6.00. The molecule has 1 fully saturated rings. The number of para-hydroxylation sites is 1. The monoisotopic (exact) mass is 498 g/mol. The summed E-state index contributed by atoms with van der Waals surface area (Å²) in [5.74, 6) is 1.60. The van der Waals surface area contributed by atoms with Crippen LogP contribution < -0.4 is 20.4 Å². The van der Waals surface area contributed by atoms with E-state index in [9.17, 15) is 9.18 Å². The highest BCUT2D eigenvalue weighted by molar-refractivity contribution is 6.04. The number of benzene rings is 2. The second kappa shape index (κ2) is 11.0. The first kappa shape index (κ1) is 24.1. The second-order valence-electron chi connectivity index (χ2n) is 8.55. The third kappa shape index (κ3) is 5.97. The number of carbonyl (C=O) groups excluding carboxylic acids is 1. The Morgan fingerprint density at radius 2 is 1.65 bits per heavy atom. The Morgan fingerprint density at radius 1 is 0.919 bits per heavy atom. The summed E-state index contributed by atoms with van der Waals surface area (Å²) in [6.45, 7) is 4.96. The van der Waals surface area contributed by atoms with Crippen LogP contribution in [0.4, 0.5) is 33.5 Å². The van der Waals surface area contributed by atoms with E-state index in [1.165, 1.54) is 12.1 Å². The van der Waals surface area contributed by atoms with Crippen LogP contribution in [0.15, 0.2) is 72.9 Å². The molecular formula is C27H27FN8O. The number of piperazine rings is 1.